The van der Waals surface area contributed by atoms with Gasteiger partial charge < -0.3 is 9.47 Å². The Balaban J connectivity index is 1.54. The maximum atomic E-state index is 14.7. The van der Waals surface area contributed by atoms with Crippen LogP contribution in [-0.4, -0.2) is 44.4 Å². The fraction of sp³-hybridized carbons (Fsp3) is 0.250. The highest BCUT2D eigenvalue weighted by molar-refractivity contribution is 6.02. The lowest BCUT2D eigenvalue weighted by Gasteiger charge is -2.15. The van der Waals surface area contributed by atoms with Gasteiger partial charge in [-0.2, -0.15) is 5.10 Å². The van der Waals surface area contributed by atoms with Crippen molar-refractivity contribution in [2.75, 3.05) is 20.1 Å². The lowest BCUT2D eigenvalue weighted by Crippen LogP contribution is -2.16. The van der Waals surface area contributed by atoms with Crippen molar-refractivity contribution in [2.45, 2.75) is 13.0 Å². The summed E-state index contributed by atoms with van der Waals surface area (Å²) >= 11 is 0. The highest BCUT2D eigenvalue weighted by atomic mass is 19.1. The molecule has 2 aromatic carbocycles. The van der Waals surface area contributed by atoms with Crippen molar-refractivity contribution in [3.8, 4) is 22.4 Å². The molecular formula is C28H25FN6. The molecule has 3 aromatic heterocycles. The van der Waals surface area contributed by atoms with Gasteiger partial charge in [0.05, 0.1) is 35.7 Å². The van der Waals surface area contributed by atoms with Gasteiger partial charge >= 0.3 is 0 Å². The van der Waals surface area contributed by atoms with Gasteiger partial charge in [-0.3, -0.25) is 9.67 Å². The number of fused-ring (bicyclic) bond motifs is 2. The second-order valence-electron chi connectivity index (χ2n) is 9.49. The average Bonchev–Trinajstić information content (AvgIpc) is 3.57. The zero-order valence-corrected chi connectivity index (χ0v) is 19.7. The minimum atomic E-state index is -0.517. The predicted octanol–water partition coefficient (Wildman–Crippen LogP) is 5.90. The second kappa shape index (κ2) is 8.33. The third-order valence-corrected chi connectivity index (χ3v) is 7.15. The lowest BCUT2D eigenvalue weighted by atomic mass is 9.95. The van der Waals surface area contributed by atoms with Crippen molar-refractivity contribution < 1.29 is 4.39 Å². The Bertz CT molecular complexity index is 1620. The Morgan fingerprint density at radius 1 is 1.06 bits per heavy atom. The van der Waals surface area contributed by atoms with Gasteiger partial charge in [-0.25, -0.2) is 9.24 Å². The summed E-state index contributed by atoms with van der Waals surface area (Å²) in [6.07, 6.45) is 7.08. The molecule has 0 unspecified atom stereocenters. The summed E-state index contributed by atoms with van der Waals surface area (Å²) in [5, 5.41) is 6.41. The Morgan fingerprint density at radius 2 is 1.91 bits per heavy atom. The monoisotopic (exact) mass is 464 g/mol. The lowest BCUT2D eigenvalue weighted by molar-refractivity contribution is 0.380. The van der Waals surface area contributed by atoms with Crippen molar-refractivity contribution in [1.29, 1.82) is 0 Å². The molecule has 6 rings (SSSR count). The molecule has 6 nitrogen and oxygen atoms in total. The van der Waals surface area contributed by atoms with Gasteiger partial charge in [0.1, 0.15) is 5.82 Å². The normalized spacial score (nSPS) is 16.3. The topological polar surface area (TPSA) is 43.2 Å². The molecule has 0 radical (unpaired) electrons. The number of rotatable bonds is 4. The van der Waals surface area contributed by atoms with Crippen LogP contribution in [0.4, 0.5) is 10.1 Å². The summed E-state index contributed by atoms with van der Waals surface area (Å²) in [4.78, 5) is 10.6. The zero-order valence-electron chi connectivity index (χ0n) is 19.7. The fourth-order valence-corrected chi connectivity index (χ4v) is 5.35. The maximum absolute atomic E-state index is 14.7. The first-order valence-electron chi connectivity index (χ1n) is 11.8. The standard InChI is InChI=1S/C28H25FN6/c1-30-24-6-4-19(13-23(24)29)27-22-9-11-35(17-18-8-10-33(2)16-18)26(22)15-31-28(27)20-5-7-25-21(12-20)14-32-34(25)3/h4-7,9,11-15,18H,8,10,16-17H2,2-3H3/t18-/m1/s1. The van der Waals surface area contributed by atoms with E-state index in [1.54, 1.807) is 6.07 Å². The maximum Gasteiger partial charge on any atom is 0.222 e. The molecule has 1 saturated heterocycles. The summed E-state index contributed by atoms with van der Waals surface area (Å²) in [5.41, 5.74) is 5.43. The first-order chi connectivity index (χ1) is 17.0. The Labute approximate surface area is 203 Å². The molecular weight excluding hydrogens is 439 g/mol. The first-order valence-corrected chi connectivity index (χ1v) is 11.8. The predicted molar refractivity (Wildman–Crippen MR) is 137 cm³/mol. The number of halogens is 1. The van der Waals surface area contributed by atoms with Gasteiger partial charge in [-0.05, 0) is 55.8 Å². The minimum absolute atomic E-state index is 0.0233. The molecule has 0 bridgehead atoms. The van der Waals surface area contributed by atoms with E-state index in [0.717, 1.165) is 58.3 Å². The molecule has 0 aliphatic carbocycles. The van der Waals surface area contributed by atoms with E-state index in [-0.39, 0.29) is 5.69 Å². The molecule has 7 heteroatoms. The van der Waals surface area contributed by atoms with Gasteiger partial charge in [0, 0.05) is 48.2 Å². The summed E-state index contributed by atoms with van der Waals surface area (Å²) in [5.74, 6) is 0.0821. The Morgan fingerprint density at radius 3 is 2.69 bits per heavy atom. The smallest absolute Gasteiger partial charge is 0.222 e. The molecule has 1 aliphatic heterocycles. The number of nitrogens with zero attached hydrogens (tertiary/aromatic N) is 6. The Kier molecular flexibility index (Phi) is 5.12. The number of aryl methyl sites for hydroxylation is 1. The number of aromatic nitrogens is 4. The van der Waals surface area contributed by atoms with Crippen LogP contribution in [0.3, 0.4) is 0 Å². The molecule has 0 N–H and O–H groups in total. The van der Waals surface area contributed by atoms with Crippen molar-refractivity contribution in [1.82, 2.24) is 24.2 Å². The summed E-state index contributed by atoms with van der Waals surface area (Å²) in [6.45, 7) is 10.4. The quantitative estimate of drug-likeness (QED) is 0.311. The van der Waals surface area contributed by atoms with Crippen LogP contribution in [0.1, 0.15) is 6.42 Å². The summed E-state index contributed by atoms with van der Waals surface area (Å²) < 4.78 is 18.9. The SMILES string of the molecule is [C-]#[N+]c1ccc(-c2c(-c3ccc4c(cnn4C)c3)ncc3c2ccn3C[C@@H]2CCN(C)C2)cc1F. The van der Waals surface area contributed by atoms with E-state index >= 15 is 0 Å². The zero-order chi connectivity index (χ0) is 24.1. The van der Waals surface area contributed by atoms with Gasteiger partial charge in [-0.15, -0.1) is 0 Å². The van der Waals surface area contributed by atoms with E-state index in [1.165, 1.54) is 12.5 Å². The van der Waals surface area contributed by atoms with Crippen molar-refractivity contribution in [3.05, 3.63) is 78.3 Å². The highest BCUT2D eigenvalue weighted by Crippen LogP contribution is 2.39. The highest BCUT2D eigenvalue weighted by Gasteiger charge is 2.22. The van der Waals surface area contributed by atoms with Crippen LogP contribution in [0.2, 0.25) is 0 Å². The number of hydrogen-bond acceptors (Lipinski definition) is 3. The van der Waals surface area contributed by atoms with E-state index in [9.17, 15) is 4.39 Å². The molecule has 35 heavy (non-hydrogen) atoms. The third kappa shape index (κ3) is 3.67. The van der Waals surface area contributed by atoms with Gasteiger partial charge in [0.15, 0.2) is 0 Å². The number of hydrogen-bond donors (Lipinski definition) is 0. The van der Waals surface area contributed by atoms with Crippen LogP contribution >= 0.6 is 0 Å². The van der Waals surface area contributed by atoms with E-state index in [4.69, 9.17) is 11.6 Å². The average molecular weight is 465 g/mol. The van der Waals surface area contributed by atoms with Gasteiger partial charge in [0.2, 0.25) is 5.69 Å². The second-order valence-corrected chi connectivity index (χ2v) is 9.49. The molecule has 174 valence electrons. The van der Waals surface area contributed by atoms with Crippen LogP contribution in [0.15, 0.2) is 61.1 Å². The molecule has 1 atom stereocenters. The largest absolute Gasteiger partial charge is 0.346 e. The molecule has 5 aromatic rings. The molecule has 0 amide bonds. The van der Waals surface area contributed by atoms with Gasteiger partial charge in [-0.1, -0.05) is 18.2 Å². The number of benzene rings is 2. The van der Waals surface area contributed by atoms with E-state index < -0.39 is 5.82 Å². The van der Waals surface area contributed by atoms with Crippen molar-refractivity contribution in [3.63, 3.8) is 0 Å². The third-order valence-electron chi connectivity index (χ3n) is 7.15. The van der Waals surface area contributed by atoms with E-state index in [2.05, 4.69) is 44.8 Å². The molecule has 4 heterocycles. The van der Waals surface area contributed by atoms with Gasteiger partial charge in [0.25, 0.3) is 0 Å². The van der Waals surface area contributed by atoms with Crippen LogP contribution in [-0.2, 0) is 13.6 Å². The minimum Gasteiger partial charge on any atom is -0.346 e. The van der Waals surface area contributed by atoms with Crippen LogP contribution in [0.5, 0.6) is 0 Å². The van der Waals surface area contributed by atoms with Crippen LogP contribution in [0.25, 0.3) is 49.0 Å². The number of pyridine rings is 1. The molecule has 0 spiro atoms. The van der Waals surface area contributed by atoms with Crippen LogP contribution < -0.4 is 0 Å². The fourth-order valence-electron chi connectivity index (χ4n) is 5.35. The molecule has 1 aliphatic rings. The number of likely N-dealkylation sites (tertiary alicyclic amines) is 1. The van der Waals surface area contributed by atoms with Crippen molar-refractivity contribution >= 4 is 27.5 Å². The van der Waals surface area contributed by atoms with Crippen molar-refractivity contribution in [2.24, 2.45) is 13.0 Å². The Hall–Kier alpha value is -4.02. The first kappa shape index (κ1) is 21.5. The molecule has 1 fully saturated rings. The van der Waals surface area contributed by atoms with E-state index in [1.807, 2.05) is 42.3 Å². The van der Waals surface area contributed by atoms with E-state index in [0.29, 0.717) is 11.5 Å². The summed E-state index contributed by atoms with van der Waals surface area (Å²) in [6, 6.07) is 13.1. The summed E-state index contributed by atoms with van der Waals surface area (Å²) in [7, 11) is 4.09. The van der Waals surface area contributed by atoms with Crippen LogP contribution in [0, 0.1) is 18.3 Å². The molecule has 0 saturated carbocycles.